The Kier molecular flexibility index (Phi) is 3.59. The highest BCUT2D eigenvalue weighted by Gasteiger charge is 2.16. The number of nitrogens with one attached hydrogen (secondary N) is 1. The number of carbonyl (C=O) groups excluding carboxylic acids is 1. The molecule has 0 aliphatic heterocycles. The van der Waals surface area contributed by atoms with Gasteiger partial charge in [-0.15, -0.1) is 0 Å². The first-order valence-electron chi connectivity index (χ1n) is 5.87. The van der Waals surface area contributed by atoms with Crippen molar-refractivity contribution in [2.45, 2.75) is 13.0 Å². The molecule has 1 amide bonds. The largest absolute Gasteiger partial charge is 0.358 e. The normalized spacial score (nSPS) is 12.2. The Bertz CT molecular complexity index is 615. The maximum atomic E-state index is 13.6. The predicted molar refractivity (Wildman–Crippen MR) is 71.3 cm³/mol. The lowest BCUT2D eigenvalue weighted by molar-refractivity contribution is -0.129. The van der Waals surface area contributed by atoms with Crippen molar-refractivity contribution in [1.82, 2.24) is 14.9 Å². The topological polar surface area (TPSA) is 58.1 Å². The average molecular weight is 262 g/mol. The van der Waals surface area contributed by atoms with Gasteiger partial charge in [-0.1, -0.05) is 6.07 Å². The van der Waals surface area contributed by atoms with E-state index in [9.17, 15) is 9.18 Å². The molecule has 0 radical (unpaired) electrons. The minimum absolute atomic E-state index is 0.0804. The van der Waals surface area contributed by atoms with Crippen LogP contribution in [0.5, 0.6) is 0 Å². The van der Waals surface area contributed by atoms with Gasteiger partial charge in [0.25, 0.3) is 0 Å². The number of hydrogen-bond acceptors (Lipinski definition) is 4. The van der Waals surface area contributed by atoms with Gasteiger partial charge in [0, 0.05) is 19.5 Å². The first-order valence-corrected chi connectivity index (χ1v) is 5.87. The van der Waals surface area contributed by atoms with Gasteiger partial charge >= 0.3 is 0 Å². The van der Waals surface area contributed by atoms with Crippen LogP contribution in [-0.2, 0) is 4.79 Å². The Labute approximate surface area is 110 Å². The van der Waals surface area contributed by atoms with Crippen LogP contribution in [0.4, 0.5) is 10.2 Å². The van der Waals surface area contributed by atoms with Crippen molar-refractivity contribution in [3.63, 3.8) is 0 Å². The van der Waals surface area contributed by atoms with Crippen molar-refractivity contribution in [3.05, 3.63) is 30.3 Å². The van der Waals surface area contributed by atoms with Gasteiger partial charge in [-0.3, -0.25) is 4.79 Å². The second-order valence-electron chi connectivity index (χ2n) is 4.46. The molecule has 19 heavy (non-hydrogen) atoms. The van der Waals surface area contributed by atoms with Crippen molar-refractivity contribution in [2.24, 2.45) is 0 Å². The van der Waals surface area contributed by atoms with Gasteiger partial charge in [-0.25, -0.2) is 14.4 Å². The van der Waals surface area contributed by atoms with Crippen LogP contribution in [0, 0.1) is 5.82 Å². The molecule has 0 spiro atoms. The number of hydrogen-bond donors (Lipinski definition) is 1. The van der Waals surface area contributed by atoms with Crippen molar-refractivity contribution < 1.29 is 9.18 Å². The Morgan fingerprint density at radius 3 is 2.79 bits per heavy atom. The zero-order valence-corrected chi connectivity index (χ0v) is 11.0. The third-order valence-corrected chi connectivity index (χ3v) is 2.78. The Morgan fingerprint density at radius 2 is 2.11 bits per heavy atom. The van der Waals surface area contributed by atoms with E-state index >= 15 is 0 Å². The zero-order chi connectivity index (χ0) is 14.0. The number of para-hydroxylation sites is 1. The minimum atomic E-state index is -0.448. The number of anilines is 1. The molecule has 5 nitrogen and oxygen atoms in total. The summed E-state index contributed by atoms with van der Waals surface area (Å²) in [5, 5.41) is 3.54. The third kappa shape index (κ3) is 2.62. The second kappa shape index (κ2) is 5.17. The van der Waals surface area contributed by atoms with Crippen LogP contribution in [0.1, 0.15) is 6.92 Å². The molecule has 100 valence electrons. The van der Waals surface area contributed by atoms with Gasteiger partial charge in [0.2, 0.25) is 5.91 Å². The number of benzene rings is 1. The molecule has 0 aliphatic rings. The number of amides is 1. The molecule has 1 N–H and O–H groups in total. The molecule has 0 saturated heterocycles. The second-order valence-corrected chi connectivity index (χ2v) is 4.46. The molecule has 0 fully saturated rings. The fraction of sp³-hybridized carbons (Fsp3) is 0.308. The lowest BCUT2D eigenvalue weighted by Crippen LogP contribution is -2.36. The number of nitrogens with zero attached hydrogens (tertiary/aromatic N) is 3. The van der Waals surface area contributed by atoms with Crippen LogP contribution in [0.2, 0.25) is 0 Å². The highest BCUT2D eigenvalue weighted by atomic mass is 19.1. The van der Waals surface area contributed by atoms with Crippen molar-refractivity contribution in [3.8, 4) is 0 Å². The number of fused-ring (bicyclic) bond motifs is 1. The van der Waals surface area contributed by atoms with Gasteiger partial charge in [-0.2, -0.15) is 0 Å². The molecule has 1 aromatic heterocycles. The fourth-order valence-electron chi connectivity index (χ4n) is 1.82. The van der Waals surface area contributed by atoms with E-state index in [0.717, 1.165) is 0 Å². The maximum Gasteiger partial charge on any atom is 0.244 e. The summed E-state index contributed by atoms with van der Waals surface area (Å²) in [6.45, 7) is 1.73. The number of likely N-dealkylation sites (N-methyl/N-ethyl adjacent to an activating group) is 1. The Hall–Kier alpha value is -2.24. The quantitative estimate of drug-likeness (QED) is 0.914. The van der Waals surface area contributed by atoms with E-state index in [2.05, 4.69) is 15.3 Å². The number of aromatic nitrogens is 2. The first kappa shape index (κ1) is 13.2. The summed E-state index contributed by atoms with van der Waals surface area (Å²) in [7, 11) is 3.36. The van der Waals surface area contributed by atoms with E-state index in [0.29, 0.717) is 11.2 Å². The molecule has 2 rings (SSSR count). The van der Waals surface area contributed by atoms with E-state index in [1.165, 1.54) is 17.3 Å². The molecule has 2 aromatic rings. The SMILES string of the molecule is C[C@H](Nc1ncnc2c(F)cccc12)C(=O)N(C)C. The molecule has 0 aliphatic carbocycles. The average Bonchev–Trinajstić information content (AvgIpc) is 2.39. The zero-order valence-electron chi connectivity index (χ0n) is 11.0. The maximum absolute atomic E-state index is 13.6. The lowest BCUT2D eigenvalue weighted by Gasteiger charge is -2.19. The fourth-order valence-corrected chi connectivity index (χ4v) is 1.82. The highest BCUT2D eigenvalue weighted by Crippen LogP contribution is 2.21. The monoisotopic (exact) mass is 262 g/mol. The summed E-state index contributed by atoms with van der Waals surface area (Å²) in [6.07, 6.45) is 1.28. The van der Waals surface area contributed by atoms with Gasteiger partial charge in [-0.05, 0) is 19.1 Å². The van der Waals surface area contributed by atoms with Crippen molar-refractivity contribution in [1.29, 1.82) is 0 Å². The summed E-state index contributed by atoms with van der Waals surface area (Å²) in [4.78, 5) is 21.3. The van der Waals surface area contributed by atoms with Gasteiger partial charge < -0.3 is 10.2 Å². The van der Waals surface area contributed by atoms with Crippen LogP contribution >= 0.6 is 0 Å². The Balaban J connectivity index is 2.36. The summed E-state index contributed by atoms with van der Waals surface area (Å²) < 4.78 is 13.6. The predicted octanol–water partition coefficient (Wildman–Crippen LogP) is 1.66. The van der Waals surface area contributed by atoms with Crippen LogP contribution in [0.3, 0.4) is 0 Å². The molecule has 0 saturated carbocycles. The van der Waals surface area contributed by atoms with E-state index in [4.69, 9.17) is 0 Å². The van der Waals surface area contributed by atoms with Crippen LogP contribution in [0.15, 0.2) is 24.5 Å². The van der Waals surface area contributed by atoms with E-state index < -0.39 is 11.9 Å². The molecule has 0 bridgehead atoms. The molecule has 1 heterocycles. The van der Waals surface area contributed by atoms with Crippen LogP contribution < -0.4 is 5.32 Å². The van der Waals surface area contributed by atoms with Crippen molar-refractivity contribution in [2.75, 3.05) is 19.4 Å². The smallest absolute Gasteiger partial charge is 0.244 e. The Morgan fingerprint density at radius 1 is 1.37 bits per heavy atom. The number of rotatable bonds is 3. The molecule has 0 unspecified atom stereocenters. The van der Waals surface area contributed by atoms with E-state index in [-0.39, 0.29) is 11.4 Å². The van der Waals surface area contributed by atoms with Gasteiger partial charge in [0.1, 0.15) is 29.5 Å². The summed E-state index contributed by atoms with van der Waals surface area (Å²) in [5.41, 5.74) is 0.240. The standard InChI is InChI=1S/C13H15FN4O/c1-8(13(19)18(2)3)17-12-9-5-4-6-10(14)11(9)15-7-16-12/h4-8H,1-3H3,(H,15,16,17)/t8-/m0/s1. The summed E-state index contributed by atoms with van der Waals surface area (Å²) in [6, 6.07) is 4.20. The van der Waals surface area contributed by atoms with Crippen molar-refractivity contribution >= 4 is 22.6 Å². The third-order valence-electron chi connectivity index (χ3n) is 2.78. The van der Waals surface area contributed by atoms with E-state index in [1.807, 2.05) is 0 Å². The van der Waals surface area contributed by atoms with Gasteiger partial charge in [0.15, 0.2) is 0 Å². The lowest BCUT2D eigenvalue weighted by atomic mass is 10.2. The number of carbonyl (C=O) groups is 1. The molecular weight excluding hydrogens is 247 g/mol. The van der Waals surface area contributed by atoms with Crippen LogP contribution in [0.25, 0.3) is 10.9 Å². The minimum Gasteiger partial charge on any atom is -0.358 e. The van der Waals surface area contributed by atoms with Crippen LogP contribution in [-0.4, -0.2) is 40.9 Å². The summed E-state index contributed by atoms with van der Waals surface area (Å²) in [5.74, 6) is -0.0371. The van der Waals surface area contributed by atoms with E-state index in [1.54, 1.807) is 33.2 Å². The molecule has 6 heteroatoms. The first-order chi connectivity index (χ1) is 9.00. The van der Waals surface area contributed by atoms with Gasteiger partial charge in [0.05, 0.1) is 0 Å². The summed E-state index contributed by atoms with van der Waals surface area (Å²) >= 11 is 0. The molecule has 1 aromatic carbocycles. The molecular formula is C13H15FN4O. The number of halogens is 1. The molecule has 1 atom stereocenters. The highest BCUT2D eigenvalue weighted by molar-refractivity contribution is 5.92.